The number of nitrogens with zero attached hydrogens (tertiary/aromatic N) is 5. The number of benzene rings is 1. The van der Waals surface area contributed by atoms with Gasteiger partial charge in [-0.25, -0.2) is 19.4 Å². The molecule has 1 N–H and O–H groups in total. The van der Waals surface area contributed by atoms with Crippen LogP contribution >= 0.6 is 11.6 Å². The van der Waals surface area contributed by atoms with Gasteiger partial charge < -0.3 is 4.42 Å². The van der Waals surface area contributed by atoms with E-state index in [1.165, 1.54) is 18.3 Å². The highest BCUT2D eigenvalue weighted by Crippen LogP contribution is 2.34. The third kappa shape index (κ3) is 3.05. The topological polar surface area (TPSA) is 102 Å². The van der Waals surface area contributed by atoms with Gasteiger partial charge in [0.15, 0.2) is 11.5 Å². The molecule has 4 aromatic heterocycles. The van der Waals surface area contributed by atoms with Crippen LogP contribution in [-0.4, -0.2) is 29.9 Å². The number of fused-ring (bicyclic) bond motifs is 3. The van der Waals surface area contributed by atoms with Gasteiger partial charge in [0, 0.05) is 17.6 Å². The molecule has 0 spiro atoms. The fourth-order valence-corrected chi connectivity index (χ4v) is 3.51. The lowest BCUT2D eigenvalue weighted by Gasteiger charge is -2.08. The zero-order valence-electron chi connectivity index (χ0n) is 15.5. The van der Waals surface area contributed by atoms with Crippen LogP contribution in [0.25, 0.3) is 39.2 Å². The molecule has 156 valence electrons. The maximum atomic E-state index is 13.4. The average molecular weight is 447 g/mol. The molecule has 0 aliphatic carbocycles. The van der Waals surface area contributed by atoms with Gasteiger partial charge in [0.25, 0.3) is 0 Å². The number of halogens is 4. The molecule has 31 heavy (non-hydrogen) atoms. The largest absolute Gasteiger partial charge is 0.435 e. The summed E-state index contributed by atoms with van der Waals surface area (Å²) < 4.78 is 46.4. The van der Waals surface area contributed by atoms with Gasteiger partial charge in [0.1, 0.15) is 11.1 Å². The molecule has 0 saturated heterocycles. The zero-order valence-corrected chi connectivity index (χ0v) is 16.3. The summed E-state index contributed by atoms with van der Waals surface area (Å²) in [6.07, 6.45) is -1.86. The Morgan fingerprint density at radius 3 is 2.81 bits per heavy atom. The van der Waals surface area contributed by atoms with Crippen LogP contribution in [0, 0.1) is 6.92 Å². The molecule has 0 aliphatic rings. The Balaban J connectivity index is 1.83. The molecular weight excluding hydrogens is 437 g/mol. The second-order valence-corrected chi connectivity index (χ2v) is 7.10. The fourth-order valence-electron chi connectivity index (χ4n) is 3.30. The average Bonchev–Trinajstić information content (AvgIpc) is 3.35. The number of hydrogen-bond donors (Lipinski definition) is 1. The smallest absolute Gasteiger partial charge is 0.401 e. The van der Waals surface area contributed by atoms with E-state index in [4.69, 9.17) is 16.0 Å². The minimum atomic E-state index is -4.75. The summed E-state index contributed by atoms with van der Waals surface area (Å²) >= 11 is 6.12. The summed E-state index contributed by atoms with van der Waals surface area (Å²) in [5.41, 5.74) is -0.921. The molecule has 0 bridgehead atoms. The fraction of sp³-hybridized carbons (Fsp3) is 0.105. The van der Waals surface area contributed by atoms with Crippen molar-refractivity contribution < 1.29 is 17.6 Å². The normalized spacial score (nSPS) is 12.2. The Labute approximate surface area is 175 Å². The highest BCUT2D eigenvalue weighted by atomic mass is 35.5. The minimum absolute atomic E-state index is 0.0547. The first-order valence-electron chi connectivity index (χ1n) is 8.80. The lowest BCUT2D eigenvalue weighted by Crippen LogP contribution is -2.09. The van der Waals surface area contributed by atoms with Crippen molar-refractivity contribution in [3.63, 3.8) is 0 Å². The van der Waals surface area contributed by atoms with Crippen LogP contribution in [0.4, 0.5) is 13.2 Å². The Morgan fingerprint density at radius 2 is 2.06 bits per heavy atom. The Bertz CT molecular complexity index is 1540. The predicted molar refractivity (Wildman–Crippen MR) is 105 cm³/mol. The molecule has 4 heterocycles. The second kappa shape index (κ2) is 6.64. The van der Waals surface area contributed by atoms with Crippen LogP contribution in [0.5, 0.6) is 0 Å². The van der Waals surface area contributed by atoms with Gasteiger partial charge in [-0.1, -0.05) is 11.6 Å². The Morgan fingerprint density at radius 1 is 1.26 bits per heavy atom. The lowest BCUT2D eigenvalue weighted by molar-refractivity contribution is -0.141. The number of nitrogens with one attached hydrogen (secondary N) is 1. The van der Waals surface area contributed by atoms with Gasteiger partial charge in [-0.05, 0) is 30.7 Å². The standard InChI is InChI=1S/C19H10ClF3N6O2/c1-8-5-9-7-25-27-15(9)13-14(8)26-17(31-18(13)30)11-6-12(19(21,22)23)28-29(11)16-10(20)3-2-4-24-16/h2-7H,1H3,(H,25,27). The molecule has 5 rings (SSSR count). The van der Waals surface area contributed by atoms with Gasteiger partial charge in [-0.3, -0.25) is 5.10 Å². The molecule has 0 saturated carbocycles. The summed E-state index contributed by atoms with van der Waals surface area (Å²) in [5, 5.41) is 11.1. The van der Waals surface area contributed by atoms with Crippen molar-refractivity contribution >= 4 is 33.4 Å². The van der Waals surface area contributed by atoms with E-state index in [1.807, 2.05) is 0 Å². The lowest BCUT2D eigenvalue weighted by atomic mass is 10.1. The zero-order chi connectivity index (χ0) is 21.9. The van der Waals surface area contributed by atoms with E-state index in [1.54, 1.807) is 19.2 Å². The number of H-pyrrole nitrogens is 1. The van der Waals surface area contributed by atoms with Gasteiger partial charge in [0.05, 0.1) is 22.3 Å². The minimum Gasteiger partial charge on any atom is -0.401 e. The maximum Gasteiger partial charge on any atom is 0.435 e. The van der Waals surface area contributed by atoms with E-state index in [2.05, 4.69) is 25.3 Å². The highest BCUT2D eigenvalue weighted by Gasteiger charge is 2.36. The summed E-state index contributed by atoms with van der Waals surface area (Å²) in [5.74, 6) is -0.427. The highest BCUT2D eigenvalue weighted by molar-refractivity contribution is 6.32. The van der Waals surface area contributed by atoms with E-state index in [-0.39, 0.29) is 33.3 Å². The first kappa shape index (κ1) is 19.2. The maximum absolute atomic E-state index is 13.4. The third-order valence-electron chi connectivity index (χ3n) is 4.67. The van der Waals surface area contributed by atoms with E-state index >= 15 is 0 Å². The van der Waals surface area contributed by atoms with Crippen molar-refractivity contribution in [2.24, 2.45) is 0 Å². The van der Waals surface area contributed by atoms with Gasteiger partial charge in [-0.15, -0.1) is 0 Å². The molecule has 0 radical (unpaired) electrons. The number of aromatic nitrogens is 6. The van der Waals surface area contributed by atoms with Gasteiger partial charge in [0.2, 0.25) is 5.89 Å². The number of aryl methyl sites for hydroxylation is 1. The van der Waals surface area contributed by atoms with Crippen molar-refractivity contribution in [2.45, 2.75) is 13.1 Å². The van der Waals surface area contributed by atoms with Crippen molar-refractivity contribution in [2.75, 3.05) is 0 Å². The molecule has 8 nitrogen and oxygen atoms in total. The number of pyridine rings is 1. The Kier molecular flexibility index (Phi) is 4.12. The molecule has 0 fully saturated rings. The van der Waals surface area contributed by atoms with E-state index in [0.717, 1.165) is 10.7 Å². The second-order valence-electron chi connectivity index (χ2n) is 6.69. The molecule has 1 aromatic carbocycles. The van der Waals surface area contributed by atoms with Gasteiger partial charge >= 0.3 is 11.8 Å². The summed E-state index contributed by atoms with van der Waals surface area (Å²) in [7, 11) is 0. The van der Waals surface area contributed by atoms with Crippen LogP contribution in [0.3, 0.4) is 0 Å². The molecule has 0 amide bonds. The predicted octanol–water partition coefficient (Wildman–Crippen LogP) is 4.29. The van der Waals surface area contributed by atoms with E-state index in [0.29, 0.717) is 16.5 Å². The van der Waals surface area contributed by atoms with E-state index < -0.39 is 17.5 Å². The van der Waals surface area contributed by atoms with Crippen molar-refractivity contribution in [3.05, 3.63) is 63.4 Å². The van der Waals surface area contributed by atoms with Crippen LogP contribution in [0.1, 0.15) is 11.3 Å². The molecule has 5 aromatic rings. The van der Waals surface area contributed by atoms with Crippen LogP contribution in [0.15, 0.2) is 45.9 Å². The SMILES string of the molecule is Cc1cc2cn[nH]c2c2c(=O)oc(-c3cc(C(F)(F)F)nn3-c3ncccc3Cl)nc12. The number of hydrogen-bond acceptors (Lipinski definition) is 6. The van der Waals surface area contributed by atoms with Crippen LogP contribution < -0.4 is 5.63 Å². The first-order chi connectivity index (χ1) is 14.7. The molecule has 0 atom stereocenters. The molecule has 12 heteroatoms. The van der Waals surface area contributed by atoms with E-state index in [9.17, 15) is 18.0 Å². The Hall–Kier alpha value is -3.73. The van der Waals surface area contributed by atoms with Crippen molar-refractivity contribution in [1.82, 2.24) is 29.9 Å². The summed E-state index contributed by atoms with van der Waals surface area (Å²) in [6.45, 7) is 1.72. The quantitative estimate of drug-likeness (QED) is 0.434. The number of rotatable bonds is 2. The summed E-state index contributed by atoms with van der Waals surface area (Å²) in [4.78, 5) is 21.1. The molecule has 0 unspecified atom stereocenters. The summed E-state index contributed by atoms with van der Waals surface area (Å²) in [6, 6.07) is 5.45. The monoisotopic (exact) mass is 446 g/mol. The van der Waals surface area contributed by atoms with Crippen molar-refractivity contribution in [1.29, 1.82) is 0 Å². The van der Waals surface area contributed by atoms with Gasteiger partial charge in [-0.2, -0.15) is 23.4 Å². The molecule has 0 aliphatic heterocycles. The number of aromatic amines is 1. The van der Waals surface area contributed by atoms with Crippen LogP contribution in [0.2, 0.25) is 5.02 Å². The van der Waals surface area contributed by atoms with Crippen molar-refractivity contribution in [3.8, 4) is 17.4 Å². The third-order valence-corrected chi connectivity index (χ3v) is 4.96. The first-order valence-corrected chi connectivity index (χ1v) is 9.18. The molecular formula is C19H10ClF3N6O2. The number of alkyl halides is 3. The van der Waals surface area contributed by atoms with Crippen LogP contribution in [-0.2, 0) is 6.18 Å².